The molecule has 190 valence electrons. The molecule has 8 nitrogen and oxygen atoms in total. The number of nitrogens with zero attached hydrogens (tertiary/aromatic N) is 4. The summed E-state index contributed by atoms with van der Waals surface area (Å²) in [6.45, 7) is 4.99. The van der Waals surface area contributed by atoms with Crippen molar-refractivity contribution in [2.45, 2.75) is 32.5 Å². The number of hydrogen-bond donors (Lipinski definition) is 2. The van der Waals surface area contributed by atoms with Gasteiger partial charge < -0.3 is 14.8 Å². The highest BCUT2D eigenvalue weighted by atomic mass is 32.2. The number of thiocarbonyl (C=S) groups is 1. The molecule has 2 atom stereocenters. The number of hydrogen-bond acceptors (Lipinski definition) is 5. The molecule has 0 spiro atoms. The molecular weight excluding hydrogens is 504 g/mol. The molecule has 1 fully saturated rings. The number of anilines is 2. The lowest BCUT2D eigenvalue weighted by Gasteiger charge is -2.28. The zero-order chi connectivity index (χ0) is 26.2. The monoisotopic (exact) mass is 532 g/mol. The van der Waals surface area contributed by atoms with Crippen molar-refractivity contribution in [1.82, 2.24) is 19.9 Å². The molecule has 1 saturated heterocycles. The molecule has 1 aliphatic heterocycles. The van der Waals surface area contributed by atoms with Crippen molar-refractivity contribution in [2.24, 2.45) is 0 Å². The minimum atomic E-state index is -3.37. The van der Waals surface area contributed by atoms with Gasteiger partial charge in [0.1, 0.15) is 0 Å². The van der Waals surface area contributed by atoms with Crippen LogP contribution in [0.3, 0.4) is 0 Å². The molecule has 2 N–H and O–H groups in total. The fourth-order valence-corrected chi connectivity index (χ4v) is 5.80. The smallest absolute Gasteiger partial charge is 0.229 e. The van der Waals surface area contributed by atoms with Crippen LogP contribution in [0.2, 0.25) is 0 Å². The summed E-state index contributed by atoms with van der Waals surface area (Å²) >= 11 is 5.85. The summed E-state index contributed by atoms with van der Waals surface area (Å²) in [4.78, 5) is 10.9. The average molecular weight is 533 g/mol. The molecule has 5 rings (SSSR count). The van der Waals surface area contributed by atoms with E-state index in [1.54, 1.807) is 18.3 Å². The Balaban J connectivity index is 1.58. The van der Waals surface area contributed by atoms with E-state index >= 15 is 0 Å². The van der Waals surface area contributed by atoms with Crippen LogP contribution in [0.5, 0.6) is 0 Å². The number of nitrogens with one attached hydrogen (secondary N) is 2. The van der Waals surface area contributed by atoms with Crippen LogP contribution in [0.15, 0.2) is 79.3 Å². The Kier molecular flexibility index (Phi) is 6.70. The van der Waals surface area contributed by atoms with Crippen molar-refractivity contribution in [3.63, 3.8) is 0 Å². The van der Waals surface area contributed by atoms with Crippen molar-refractivity contribution >= 4 is 38.7 Å². The number of sulfonamides is 1. The lowest BCUT2D eigenvalue weighted by molar-refractivity contribution is 0.563. The highest BCUT2D eigenvalue weighted by Gasteiger charge is 2.42. The predicted octanol–water partition coefficient (Wildman–Crippen LogP) is 4.49. The summed E-state index contributed by atoms with van der Waals surface area (Å²) in [5.74, 6) is 0. The molecular formula is C27H28N6O2S2. The molecule has 0 saturated carbocycles. The van der Waals surface area contributed by atoms with E-state index in [1.165, 1.54) is 5.56 Å². The Morgan fingerprint density at radius 3 is 2.41 bits per heavy atom. The molecule has 4 aromatic rings. The van der Waals surface area contributed by atoms with E-state index in [-0.39, 0.29) is 12.1 Å². The maximum absolute atomic E-state index is 11.7. The molecule has 37 heavy (non-hydrogen) atoms. The van der Waals surface area contributed by atoms with Gasteiger partial charge >= 0.3 is 0 Å². The van der Waals surface area contributed by atoms with E-state index in [0.717, 1.165) is 41.1 Å². The summed E-state index contributed by atoms with van der Waals surface area (Å²) in [6.07, 6.45) is 6.55. The summed E-state index contributed by atoms with van der Waals surface area (Å²) in [6, 6.07) is 19.1. The van der Waals surface area contributed by atoms with Crippen LogP contribution in [-0.2, 0) is 16.6 Å². The lowest BCUT2D eigenvalue weighted by Crippen LogP contribution is -2.29. The lowest BCUT2D eigenvalue weighted by atomic mass is 9.96. The van der Waals surface area contributed by atoms with Crippen molar-refractivity contribution < 1.29 is 8.42 Å². The van der Waals surface area contributed by atoms with Gasteiger partial charge in [-0.3, -0.25) is 14.7 Å². The standard InChI is InChI=1S/C27H28N6O2S2/c1-18-16-23(19(2)32(18)17-20-11-14-28-15-12-20)26-25(24-6-4-5-13-29-24)30-27(36)33(26)22-9-7-21(8-10-22)31-37(3,34)35/h4-16,25-26,31H,17H2,1-3H3,(H,30,36)/t25-,26-/m0/s1. The predicted molar refractivity (Wildman–Crippen MR) is 150 cm³/mol. The van der Waals surface area contributed by atoms with Gasteiger partial charge in [-0.1, -0.05) is 6.07 Å². The molecule has 0 aliphatic carbocycles. The molecule has 1 aliphatic rings. The third kappa shape index (κ3) is 5.21. The first-order valence-corrected chi connectivity index (χ1v) is 14.2. The number of aryl methyl sites for hydroxylation is 1. The first-order chi connectivity index (χ1) is 17.7. The number of rotatable bonds is 7. The quantitative estimate of drug-likeness (QED) is 0.339. The van der Waals surface area contributed by atoms with E-state index in [9.17, 15) is 8.42 Å². The molecule has 4 heterocycles. The molecule has 3 aromatic heterocycles. The third-order valence-electron chi connectivity index (χ3n) is 6.57. The van der Waals surface area contributed by atoms with Gasteiger partial charge in [0, 0.05) is 47.9 Å². The van der Waals surface area contributed by atoms with Crippen LogP contribution in [0, 0.1) is 13.8 Å². The van der Waals surface area contributed by atoms with Gasteiger partial charge in [0.25, 0.3) is 0 Å². The van der Waals surface area contributed by atoms with Crippen molar-refractivity contribution in [3.05, 3.63) is 107 Å². The van der Waals surface area contributed by atoms with E-state index < -0.39 is 10.0 Å². The third-order valence-corrected chi connectivity index (χ3v) is 7.49. The van der Waals surface area contributed by atoms with Crippen LogP contribution in [0.4, 0.5) is 11.4 Å². The minimum absolute atomic E-state index is 0.159. The highest BCUT2D eigenvalue weighted by molar-refractivity contribution is 7.92. The number of aromatic nitrogens is 3. The van der Waals surface area contributed by atoms with Crippen LogP contribution < -0.4 is 14.9 Å². The topological polar surface area (TPSA) is 92.2 Å². The second-order valence-electron chi connectivity index (χ2n) is 9.19. The normalized spacial score (nSPS) is 17.6. The zero-order valence-corrected chi connectivity index (χ0v) is 22.4. The Morgan fingerprint density at radius 2 is 1.76 bits per heavy atom. The van der Waals surface area contributed by atoms with Crippen molar-refractivity contribution in [2.75, 3.05) is 15.9 Å². The minimum Gasteiger partial charge on any atom is -0.351 e. The molecule has 0 radical (unpaired) electrons. The molecule has 0 unspecified atom stereocenters. The molecule has 0 bridgehead atoms. The first kappa shape index (κ1) is 24.9. The van der Waals surface area contributed by atoms with Crippen LogP contribution in [-0.4, -0.2) is 34.3 Å². The Morgan fingerprint density at radius 1 is 1.03 bits per heavy atom. The Hall–Kier alpha value is -3.76. The first-order valence-electron chi connectivity index (χ1n) is 11.9. The maximum Gasteiger partial charge on any atom is 0.229 e. The molecule has 1 aromatic carbocycles. The van der Waals surface area contributed by atoms with E-state index in [2.05, 4.69) is 49.4 Å². The summed E-state index contributed by atoms with van der Waals surface area (Å²) in [5.41, 5.74) is 6.87. The fraction of sp³-hybridized carbons (Fsp3) is 0.222. The van der Waals surface area contributed by atoms with Crippen LogP contribution >= 0.6 is 12.2 Å². The van der Waals surface area contributed by atoms with Gasteiger partial charge in [-0.05, 0) is 91.8 Å². The van der Waals surface area contributed by atoms with E-state index in [4.69, 9.17) is 12.2 Å². The van der Waals surface area contributed by atoms with E-state index in [0.29, 0.717) is 10.8 Å². The van der Waals surface area contributed by atoms with Crippen LogP contribution in [0.25, 0.3) is 0 Å². The molecule has 0 amide bonds. The highest BCUT2D eigenvalue weighted by Crippen LogP contribution is 2.43. The van der Waals surface area contributed by atoms with Crippen molar-refractivity contribution in [1.29, 1.82) is 0 Å². The van der Waals surface area contributed by atoms with Gasteiger partial charge in [-0.25, -0.2) is 8.42 Å². The SMILES string of the molecule is Cc1cc([C@H]2[C@H](c3ccccn3)NC(=S)N2c2ccc(NS(C)(=O)=O)cc2)c(C)n1Cc1ccncc1. The average Bonchev–Trinajstić information content (AvgIpc) is 3.36. The number of pyridine rings is 2. The van der Waals surface area contributed by atoms with Crippen LogP contribution in [0.1, 0.15) is 40.3 Å². The second kappa shape index (κ2) is 9.95. The summed E-state index contributed by atoms with van der Waals surface area (Å²) in [7, 11) is -3.37. The zero-order valence-electron chi connectivity index (χ0n) is 20.8. The summed E-state index contributed by atoms with van der Waals surface area (Å²) in [5, 5.41) is 4.08. The Bertz CT molecular complexity index is 1520. The van der Waals surface area contributed by atoms with Gasteiger partial charge in [-0.2, -0.15) is 0 Å². The largest absolute Gasteiger partial charge is 0.351 e. The second-order valence-corrected chi connectivity index (χ2v) is 11.3. The molecule has 10 heteroatoms. The van der Waals surface area contributed by atoms with Gasteiger partial charge in [0.15, 0.2) is 5.11 Å². The maximum atomic E-state index is 11.7. The van der Waals surface area contributed by atoms with Gasteiger partial charge in [-0.15, -0.1) is 0 Å². The van der Waals surface area contributed by atoms with Gasteiger partial charge in [0.05, 0.1) is 24.0 Å². The summed E-state index contributed by atoms with van der Waals surface area (Å²) < 4.78 is 28.2. The number of benzene rings is 1. The van der Waals surface area contributed by atoms with Gasteiger partial charge in [0.2, 0.25) is 10.0 Å². The van der Waals surface area contributed by atoms with E-state index in [1.807, 2.05) is 54.9 Å². The van der Waals surface area contributed by atoms with Crippen molar-refractivity contribution in [3.8, 4) is 0 Å². The Labute approximate surface area is 222 Å². The fourth-order valence-electron chi connectivity index (χ4n) is 4.89.